The molecule has 0 spiro atoms. The molecular weight excluding hydrogens is 278 g/mol. The maximum absolute atomic E-state index is 4.03. The second kappa shape index (κ2) is 6.45. The van der Waals surface area contributed by atoms with E-state index in [4.69, 9.17) is 0 Å². The standard InChI is InChI=1S/C22H25N/c1-4-15-22(2,16-17-9-5-6-10-17)21-19-12-8-7-11-18(19)13-14-20(21)23-3/h4-9,11-14,23H,1,10,15-16H2,2-3H3. The Morgan fingerprint density at radius 3 is 2.74 bits per heavy atom. The van der Waals surface area contributed by atoms with Gasteiger partial charge in [-0.25, -0.2) is 0 Å². The van der Waals surface area contributed by atoms with Crippen LogP contribution in [0.15, 0.2) is 72.9 Å². The van der Waals surface area contributed by atoms with E-state index >= 15 is 0 Å². The molecular formula is C22H25N. The Morgan fingerprint density at radius 2 is 2.04 bits per heavy atom. The topological polar surface area (TPSA) is 12.0 Å². The Balaban J connectivity index is 2.18. The predicted molar refractivity (Wildman–Crippen MR) is 102 cm³/mol. The van der Waals surface area contributed by atoms with Crippen LogP contribution in [0.1, 0.15) is 31.7 Å². The lowest BCUT2D eigenvalue weighted by atomic mass is 9.72. The van der Waals surface area contributed by atoms with Crippen molar-refractivity contribution in [3.63, 3.8) is 0 Å². The summed E-state index contributed by atoms with van der Waals surface area (Å²) in [5.41, 5.74) is 4.17. The largest absolute Gasteiger partial charge is 0.388 e. The van der Waals surface area contributed by atoms with Crippen LogP contribution in [0.2, 0.25) is 0 Å². The van der Waals surface area contributed by atoms with Crippen LogP contribution in [0.5, 0.6) is 0 Å². The fourth-order valence-corrected chi connectivity index (χ4v) is 3.84. The minimum absolute atomic E-state index is 0.0405. The van der Waals surface area contributed by atoms with Gasteiger partial charge in [0.2, 0.25) is 0 Å². The van der Waals surface area contributed by atoms with E-state index < -0.39 is 0 Å². The number of fused-ring (bicyclic) bond motifs is 1. The quantitative estimate of drug-likeness (QED) is 0.646. The second-order valence-electron chi connectivity index (χ2n) is 6.65. The van der Waals surface area contributed by atoms with Crippen LogP contribution in [0.25, 0.3) is 10.8 Å². The maximum atomic E-state index is 4.03. The highest BCUT2D eigenvalue weighted by molar-refractivity contribution is 5.91. The fourth-order valence-electron chi connectivity index (χ4n) is 3.84. The third-order valence-corrected chi connectivity index (χ3v) is 4.86. The first-order valence-electron chi connectivity index (χ1n) is 8.33. The van der Waals surface area contributed by atoms with Gasteiger partial charge in [-0.2, -0.15) is 0 Å². The van der Waals surface area contributed by atoms with Crippen molar-refractivity contribution in [3.05, 3.63) is 78.4 Å². The van der Waals surface area contributed by atoms with Crippen LogP contribution in [-0.2, 0) is 5.41 Å². The molecule has 0 bridgehead atoms. The van der Waals surface area contributed by atoms with E-state index in [1.807, 2.05) is 7.05 Å². The molecule has 1 atom stereocenters. The highest BCUT2D eigenvalue weighted by Gasteiger charge is 2.30. The molecule has 23 heavy (non-hydrogen) atoms. The summed E-state index contributed by atoms with van der Waals surface area (Å²) in [5.74, 6) is 0. The molecule has 0 aliphatic heterocycles. The molecule has 3 rings (SSSR count). The average Bonchev–Trinajstić information content (AvgIpc) is 3.06. The SMILES string of the molecule is C=CCC(C)(CC1=CC=CC1)c1c(NC)ccc2ccccc12. The number of anilines is 1. The molecule has 0 saturated heterocycles. The molecule has 1 N–H and O–H groups in total. The van der Waals surface area contributed by atoms with Gasteiger partial charge in [0.1, 0.15) is 0 Å². The van der Waals surface area contributed by atoms with Gasteiger partial charge in [0.05, 0.1) is 0 Å². The molecule has 0 saturated carbocycles. The number of hydrogen-bond acceptors (Lipinski definition) is 1. The van der Waals surface area contributed by atoms with Crippen LogP contribution in [0.3, 0.4) is 0 Å². The smallest absolute Gasteiger partial charge is 0.0382 e. The summed E-state index contributed by atoms with van der Waals surface area (Å²) in [4.78, 5) is 0. The number of rotatable bonds is 6. The summed E-state index contributed by atoms with van der Waals surface area (Å²) < 4.78 is 0. The predicted octanol–water partition coefficient (Wildman–Crippen LogP) is 5.99. The lowest BCUT2D eigenvalue weighted by Crippen LogP contribution is -2.24. The molecule has 118 valence electrons. The zero-order chi connectivity index (χ0) is 16.3. The summed E-state index contributed by atoms with van der Waals surface area (Å²) in [7, 11) is 2.01. The first-order chi connectivity index (χ1) is 11.2. The summed E-state index contributed by atoms with van der Waals surface area (Å²) in [6.45, 7) is 6.40. The third kappa shape index (κ3) is 2.96. The molecule has 1 nitrogen and oxygen atoms in total. The normalized spacial score (nSPS) is 16.2. The van der Waals surface area contributed by atoms with E-state index in [-0.39, 0.29) is 5.41 Å². The zero-order valence-electron chi connectivity index (χ0n) is 14.1. The summed E-state index contributed by atoms with van der Waals surface area (Å²) in [5, 5.41) is 6.05. The van der Waals surface area contributed by atoms with Gasteiger partial charge in [0, 0.05) is 18.2 Å². The van der Waals surface area contributed by atoms with Crippen molar-refractivity contribution in [2.45, 2.75) is 31.6 Å². The minimum Gasteiger partial charge on any atom is -0.388 e. The highest BCUT2D eigenvalue weighted by atomic mass is 14.8. The van der Waals surface area contributed by atoms with Crippen molar-refractivity contribution in [2.75, 3.05) is 12.4 Å². The highest BCUT2D eigenvalue weighted by Crippen LogP contribution is 2.43. The fraction of sp³-hybridized carbons (Fsp3) is 0.273. The third-order valence-electron chi connectivity index (χ3n) is 4.86. The summed E-state index contributed by atoms with van der Waals surface area (Å²) in [6.07, 6.45) is 11.8. The van der Waals surface area contributed by atoms with Crippen LogP contribution in [-0.4, -0.2) is 7.05 Å². The van der Waals surface area contributed by atoms with Crippen LogP contribution < -0.4 is 5.32 Å². The minimum atomic E-state index is 0.0405. The molecule has 1 heteroatoms. The molecule has 1 aliphatic carbocycles. The number of hydrogen-bond donors (Lipinski definition) is 1. The first kappa shape index (κ1) is 15.6. The van der Waals surface area contributed by atoms with Crippen LogP contribution in [0.4, 0.5) is 5.69 Å². The van der Waals surface area contributed by atoms with Gasteiger partial charge in [-0.3, -0.25) is 0 Å². The Kier molecular flexibility index (Phi) is 4.38. The molecule has 0 radical (unpaired) electrons. The van der Waals surface area contributed by atoms with Crippen LogP contribution in [0, 0.1) is 0 Å². The molecule has 2 aromatic rings. The zero-order valence-corrected chi connectivity index (χ0v) is 14.1. The van der Waals surface area contributed by atoms with Gasteiger partial charge in [0.15, 0.2) is 0 Å². The van der Waals surface area contributed by atoms with Crippen molar-refractivity contribution < 1.29 is 0 Å². The molecule has 0 fully saturated rings. The number of benzene rings is 2. The van der Waals surface area contributed by atoms with Crippen molar-refractivity contribution in [1.29, 1.82) is 0 Å². The number of nitrogens with one attached hydrogen (secondary N) is 1. The summed E-state index contributed by atoms with van der Waals surface area (Å²) >= 11 is 0. The molecule has 0 amide bonds. The number of allylic oxidation sites excluding steroid dienone is 5. The van der Waals surface area contributed by atoms with Crippen LogP contribution >= 0.6 is 0 Å². The van der Waals surface area contributed by atoms with Crippen molar-refractivity contribution >= 4 is 16.5 Å². The Labute approximate surface area is 139 Å². The van der Waals surface area contributed by atoms with E-state index in [2.05, 4.69) is 79.5 Å². The Bertz CT molecular complexity index is 782. The summed E-state index contributed by atoms with van der Waals surface area (Å²) in [6, 6.07) is 13.1. The van der Waals surface area contributed by atoms with Crippen molar-refractivity contribution in [3.8, 4) is 0 Å². The van der Waals surface area contributed by atoms with E-state index in [0.29, 0.717) is 0 Å². The van der Waals surface area contributed by atoms with Gasteiger partial charge in [-0.15, -0.1) is 6.58 Å². The monoisotopic (exact) mass is 303 g/mol. The average molecular weight is 303 g/mol. The molecule has 1 unspecified atom stereocenters. The van der Waals surface area contributed by atoms with Gasteiger partial charge >= 0.3 is 0 Å². The van der Waals surface area contributed by atoms with Crippen molar-refractivity contribution in [2.24, 2.45) is 0 Å². The van der Waals surface area contributed by atoms with Gasteiger partial charge in [0.25, 0.3) is 0 Å². The van der Waals surface area contributed by atoms with Gasteiger partial charge < -0.3 is 5.32 Å². The Hall–Kier alpha value is -2.28. The van der Waals surface area contributed by atoms with Crippen molar-refractivity contribution in [1.82, 2.24) is 0 Å². The molecule has 2 aromatic carbocycles. The van der Waals surface area contributed by atoms with E-state index in [1.54, 1.807) is 0 Å². The van der Waals surface area contributed by atoms with E-state index in [0.717, 1.165) is 19.3 Å². The lowest BCUT2D eigenvalue weighted by Gasteiger charge is -2.33. The lowest BCUT2D eigenvalue weighted by molar-refractivity contribution is 0.476. The first-order valence-corrected chi connectivity index (χ1v) is 8.33. The van der Waals surface area contributed by atoms with E-state index in [9.17, 15) is 0 Å². The Morgan fingerprint density at radius 1 is 1.22 bits per heavy atom. The maximum Gasteiger partial charge on any atom is 0.0382 e. The van der Waals surface area contributed by atoms with Gasteiger partial charge in [-0.1, -0.05) is 67.1 Å². The van der Waals surface area contributed by atoms with Gasteiger partial charge in [-0.05, 0) is 41.7 Å². The van der Waals surface area contributed by atoms with E-state index in [1.165, 1.54) is 27.6 Å². The molecule has 0 aromatic heterocycles. The molecule has 0 heterocycles. The second-order valence-corrected chi connectivity index (χ2v) is 6.65. The molecule has 1 aliphatic rings.